The van der Waals surface area contributed by atoms with Crippen LogP contribution in [0.4, 0.5) is 0 Å². The lowest BCUT2D eigenvalue weighted by Crippen LogP contribution is -2.66. The second-order valence-corrected chi connectivity index (χ2v) is 7.44. The van der Waals surface area contributed by atoms with Crippen molar-refractivity contribution in [1.29, 1.82) is 0 Å². The van der Waals surface area contributed by atoms with Crippen LogP contribution in [-0.4, -0.2) is 16.0 Å². The summed E-state index contributed by atoms with van der Waals surface area (Å²) >= 11 is 2.52. The van der Waals surface area contributed by atoms with Gasteiger partial charge in [-0.15, -0.1) is 0 Å². The lowest BCUT2D eigenvalue weighted by molar-refractivity contribution is -0.146. The van der Waals surface area contributed by atoms with Crippen molar-refractivity contribution in [2.45, 2.75) is 42.1 Å². The summed E-state index contributed by atoms with van der Waals surface area (Å²) in [5.74, 6) is 3.43. The van der Waals surface area contributed by atoms with E-state index in [9.17, 15) is 4.79 Å². The molecule has 6 atom stereocenters. The zero-order valence-electron chi connectivity index (χ0n) is 9.27. The number of halogens is 1. The van der Waals surface area contributed by atoms with Crippen LogP contribution in [0.5, 0.6) is 0 Å². The van der Waals surface area contributed by atoms with E-state index >= 15 is 0 Å². The summed E-state index contributed by atoms with van der Waals surface area (Å²) in [5.41, 5.74) is 0. The summed E-state index contributed by atoms with van der Waals surface area (Å²) in [4.78, 5) is 11.8. The van der Waals surface area contributed by atoms with Crippen molar-refractivity contribution in [3.63, 3.8) is 0 Å². The molecule has 0 aromatic carbocycles. The molecule has 4 aliphatic rings. The fourth-order valence-electron chi connectivity index (χ4n) is 4.78. The molecule has 1 saturated heterocycles. The Kier molecular flexibility index (Phi) is 2.13. The predicted molar refractivity (Wildman–Crippen MR) is 68.2 cm³/mol. The van der Waals surface area contributed by atoms with Gasteiger partial charge in [0, 0.05) is 5.92 Å². The number of alkyl halides is 1. The maximum Gasteiger partial charge on any atom is 0.309 e. The predicted octanol–water partition coefficient (Wildman–Crippen LogP) is 2.79. The first-order valence-corrected chi connectivity index (χ1v) is 7.88. The first-order chi connectivity index (χ1) is 7.79. The van der Waals surface area contributed by atoms with Crippen LogP contribution in [-0.2, 0) is 9.53 Å². The van der Waals surface area contributed by atoms with Crippen molar-refractivity contribution in [3.8, 4) is 0 Å². The molecule has 3 saturated carbocycles. The van der Waals surface area contributed by atoms with Gasteiger partial charge in [-0.1, -0.05) is 54.7 Å². The van der Waals surface area contributed by atoms with Crippen LogP contribution < -0.4 is 0 Å². The molecular weight excluding hydrogens is 315 g/mol. The number of hydrogen-bond donors (Lipinski definition) is 0. The molecule has 3 heteroatoms. The first-order valence-electron chi connectivity index (χ1n) is 6.63. The number of esters is 1. The maximum absolute atomic E-state index is 11.8. The minimum Gasteiger partial charge on any atom is -0.461 e. The Morgan fingerprint density at radius 2 is 1.81 bits per heavy atom. The van der Waals surface area contributed by atoms with Crippen LogP contribution in [0.2, 0.25) is 0 Å². The topological polar surface area (TPSA) is 26.3 Å². The van der Waals surface area contributed by atoms with Crippen LogP contribution in [0.25, 0.3) is 0 Å². The Bertz CT molecular complexity index is 337. The molecule has 4 rings (SSSR count). The molecule has 1 aliphatic heterocycles. The van der Waals surface area contributed by atoms with Gasteiger partial charge in [0.1, 0.15) is 6.10 Å². The SMILES string of the molecule is O=C1O[C@@H]2[C@H](I)[C@@H]3[C@@H](C4CCCCC4)[C@@H]1[C@H]23. The van der Waals surface area contributed by atoms with E-state index in [-0.39, 0.29) is 5.97 Å². The normalized spacial score (nSPS) is 54.9. The molecule has 0 unspecified atom stereocenters. The van der Waals surface area contributed by atoms with E-state index in [4.69, 9.17) is 4.74 Å². The third-order valence-electron chi connectivity index (χ3n) is 5.50. The molecule has 4 fully saturated rings. The highest BCUT2D eigenvalue weighted by Gasteiger charge is 2.74. The van der Waals surface area contributed by atoms with E-state index in [1.165, 1.54) is 32.1 Å². The van der Waals surface area contributed by atoms with Gasteiger partial charge in [0.05, 0.1) is 9.84 Å². The fourth-order valence-corrected chi connectivity index (χ4v) is 6.36. The zero-order chi connectivity index (χ0) is 10.9. The number of hydrogen-bond acceptors (Lipinski definition) is 2. The van der Waals surface area contributed by atoms with Gasteiger partial charge in [0.2, 0.25) is 0 Å². The number of carbonyl (C=O) groups is 1. The third kappa shape index (κ3) is 1.06. The van der Waals surface area contributed by atoms with E-state index in [1.54, 1.807) is 0 Å². The Morgan fingerprint density at radius 3 is 2.56 bits per heavy atom. The molecule has 0 spiro atoms. The Labute approximate surface area is 110 Å². The van der Waals surface area contributed by atoms with E-state index < -0.39 is 0 Å². The largest absolute Gasteiger partial charge is 0.461 e. The van der Waals surface area contributed by atoms with Crippen molar-refractivity contribution >= 4 is 28.6 Å². The zero-order valence-corrected chi connectivity index (χ0v) is 11.4. The average molecular weight is 332 g/mol. The minimum absolute atomic E-state index is 0.140. The highest BCUT2D eigenvalue weighted by atomic mass is 127. The maximum atomic E-state index is 11.8. The molecular formula is C13H17IO2. The van der Waals surface area contributed by atoms with Crippen LogP contribution in [0.15, 0.2) is 0 Å². The second-order valence-electron chi connectivity index (χ2n) is 6.00. The fraction of sp³-hybridized carbons (Fsp3) is 0.923. The number of carbonyl (C=O) groups excluding carboxylic acids is 1. The van der Waals surface area contributed by atoms with Gasteiger partial charge >= 0.3 is 5.97 Å². The van der Waals surface area contributed by atoms with Crippen LogP contribution in [0, 0.1) is 29.6 Å². The lowest BCUT2D eigenvalue weighted by Gasteiger charge is -2.61. The highest BCUT2D eigenvalue weighted by molar-refractivity contribution is 14.1. The third-order valence-corrected chi connectivity index (χ3v) is 7.04. The first kappa shape index (κ1) is 10.2. The van der Waals surface area contributed by atoms with Gasteiger partial charge in [-0.3, -0.25) is 4.79 Å². The Morgan fingerprint density at radius 1 is 1.06 bits per heavy atom. The van der Waals surface area contributed by atoms with E-state index in [0.29, 0.717) is 27.8 Å². The monoisotopic (exact) mass is 332 g/mol. The molecule has 1 heterocycles. The van der Waals surface area contributed by atoms with E-state index in [1.807, 2.05) is 0 Å². The van der Waals surface area contributed by atoms with Crippen molar-refractivity contribution in [3.05, 3.63) is 0 Å². The molecule has 0 amide bonds. The van der Waals surface area contributed by atoms with Gasteiger partial charge in [0.25, 0.3) is 0 Å². The molecule has 0 bridgehead atoms. The van der Waals surface area contributed by atoms with Crippen LogP contribution in [0.1, 0.15) is 32.1 Å². The average Bonchev–Trinajstić information content (AvgIpc) is 2.43. The molecule has 0 N–H and O–H groups in total. The van der Waals surface area contributed by atoms with E-state index in [0.717, 1.165) is 11.8 Å². The van der Waals surface area contributed by atoms with Crippen LogP contribution in [0.3, 0.4) is 0 Å². The van der Waals surface area contributed by atoms with Gasteiger partial charge in [0.15, 0.2) is 0 Å². The summed E-state index contributed by atoms with van der Waals surface area (Å²) in [6.07, 6.45) is 7.20. The highest BCUT2D eigenvalue weighted by Crippen LogP contribution is 2.68. The summed E-state index contributed by atoms with van der Waals surface area (Å²) in [6, 6.07) is 0. The smallest absolute Gasteiger partial charge is 0.309 e. The van der Waals surface area contributed by atoms with Crippen molar-refractivity contribution < 1.29 is 9.53 Å². The van der Waals surface area contributed by atoms with Crippen molar-refractivity contribution in [2.24, 2.45) is 29.6 Å². The summed E-state index contributed by atoms with van der Waals surface area (Å²) in [7, 11) is 0. The van der Waals surface area contributed by atoms with Crippen LogP contribution >= 0.6 is 22.6 Å². The van der Waals surface area contributed by atoms with Crippen molar-refractivity contribution in [1.82, 2.24) is 0 Å². The summed E-state index contributed by atoms with van der Waals surface area (Å²) < 4.78 is 6.12. The minimum atomic E-state index is 0.140. The quantitative estimate of drug-likeness (QED) is 0.419. The van der Waals surface area contributed by atoms with Gasteiger partial charge in [-0.25, -0.2) is 0 Å². The van der Waals surface area contributed by atoms with E-state index in [2.05, 4.69) is 22.6 Å². The molecule has 0 radical (unpaired) electrons. The standard InChI is InChI=1S/C13H17IO2/c14-11-8-7(6-4-2-1-3-5-6)10-9(8)12(11)16-13(10)15/h6-12H,1-5H2/t7-,8-,9-,10-,11-,12+/m1/s1. The van der Waals surface area contributed by atoms with Gasteiger partial charge in [-0.05, 0) is 17.8 Å². The van der Waals surface area contributed by atoms with Crippen molar-refractivity contribution in [2.75, 3.05) is 0 Å². The lowest BCUT2D eigenvalue weighted by atomic mass is 9.43. The molecule has 2 nitrogen and oxygen atoms in total. The number of rotatable bonds is 1. The Balaban J connectivity index is 1.58. The molecule has 88 valence electrons. The second kappa shape index (κ2) is 3.36. The molecule has 0 aromatic rings. The Hall–Kier alpha value is 0.200. The van der Waals surface area contributed by atoms with Gasteiger partial charge < -0.3 is 4.74 Å². The molecule has 3 aliphatic carbocycles. The summed E-state index contributed by atoms with van der Waals surface area (Å²) in [6.45, 7) is 0. The molecule has 16 heavy (non-hydrogen) atoms. The summed E-state index contributed by atoms with van der Waals surface area (Å²) in [5, 5.41) is 0. The molecule has 0 aromatic heterocycles. The number of ether oxygens (including phenoxy) is 1. The van der Waals surface area contributed by atoms with Gasteiger partial charge in [-0.2, -0.15) is 0 Å².